The van der Waals surface area contributed by atoms with Crippen LogP contribution in [0.25, 0.3) is 11.4 Å². The first-order valence-electron chi connectivity index (χ1n) is 13.4. The van der Waals surface area contributed by atoms with E-state index in [4.69, 9.17) is 9.26 Å². The third-order valence-corrected chi connectivity index (χ3v) is 8.95. The molecule has 0 spiro atoms. The van der Waals surface area contributed by atoms with E-state index in [1.165, 1.54) is 24.8 Å². The molecule has 1 saturated heterocycles. The van der Waals surface area contributed by atoms with E-state index in [1.54, 1.807) is 4.90 Å². The molecule has 36 heavy (non-hydrogen) atoms. The number of β-amino-alcohol motifs (C(OH)–C–C–N with tert-alkyl or cyclic N) is 1. The van der Waals surface area contributed by atoms with Gasteiger partial charge in [-0.3, -0.25) is 4.79 Å². The van der Waals surface area contributed by atoms with Crippen molar-refractivity contribution >= 4 is 11.9 Å². The van der Waals surface area contributed by atoms with Crippen LogP contribution in [-0.4, -0.2) is 50.7 Å². The largest absolute Gasteiger partial charge is 0.454 e. The minimum Gasteiger partial charge on any atom is -0.454 e. The van der Waals surface area contributed by atoms with Gasteiger partial charge in [0.1, 0.15) is 6.04 Å². The Balaban J connectivity index is 1.11. The molecule has 4 aliphatic carbocycles. The second kappa shape index (κ2) is 8.98. The summed E-state index contributed by atoms with van der Waals surface area (Å²) in [5.74, 6) is 2.48. The maximum absolute atomic E-state index is 13.8. The number of esters is 1. The number of hydrogen-bond acceptors (Lipinski definition) is 7. The lowest BCUT2D eigenvalue weighted by Gasteiger charge is -2.56. The van der Waals surface area contributed by atoms with Crippen LogP contribution in [0.3, 0.4) is 0 Å². The minimum absolute atomic E-state index is 0.0463. The van der Waals surface area contributed by atoms with Crippen LogP contribution in [0.4, 0.5) is 0 Å². The summed E-state index contributed by atoms with van der Waals surface area (Å²) in [7, 11) is 0. The van der Waals surface area contributed by atoms with E-state index in [0.29, 0.717) is 29.5 Å². The van der Waals surface area contributed by atoms with Gasteiger partial charge in [0.05, 0.1) is 11.5 Å². The van der Waals surface area contributed by atoms with E-state index in [-0.39, 0.29) is 36.8 Å². The topological polar surface area (TPSA) is 106 Å². The Kier molecular flexibility index (Phi) is 5.90. The predicted molar refractivity (Wildman–Crippen MR) is 130 cm³/mol. The van der Waals surface area contributed by atoms with Gasteiger partial charge >= 0.3 is 5.97 Å². The van der Waals surface area contributed by atoms with Crippen LogP contribution in [0.2, 0.25) is 0 Å². The number of hydrogen-bond donors (Lipinski definition) is 1. The van der Waals surface area contributed by atoms with Crippen LogP contribution >= 0.6 is 0 Å². The van der Waals surface area contributed by atoms with Crippen molar-refractivity contribution in [3.8, 4) is 11.4 Å². The average Bonchev–Trinajstić information content (AvgIpc) is 3.48. The number of aromatic nitrogens is 2. The second-order valence-corrected chi connectivity index (χ2v) is 12.0. The first-order valence-corrected chi connectivity index (χ1v) is 13.4. The second-order valence-electron chi connectivity index (χ2n) is 12.0. The zero-order valence-corrected chi connectivity index (χ0v) is 21.1. The summed E-state index contributed by atoms with van der Waals surface area (Å²) in [6, 6.07) is 7.20. The van der Waals surface area contributed by atoms with Crippen LogP contribution in [0.1, 0.15) is 76.2 Å². The van der Waals surface area contributed by atoms with Crippen LogP contribution in [-0.2, 0) is 20.9 Å². The quantitative estimate of drug-likeness (QED) is 0.605. The standard InChI is InChI=1S/C28H35N3O5/c1-16(2)20-3-5-21(6-4-20)25-29-24(36-30-25)15-35-26(33)23-10-22(32)14-31(23)27(34)28-11-17-7-18(12-28)9-19(8-17)13-28/h3-6,16-19,22-23,32H,7-15H2,1-2H3. The van der Waals surface area contributed by atoms with Gasteiger partial charge in [0.2, 0.25) is 11.7 Å². The van der Waals surface area contributed by atoms with Gasteiger partial charge in [0.15, 0.2) is 6.61 Å². The van der Waals surface area contributed by atoms with E-state index in [0.717, 1.165) is 24.8 Å². The highest BCUT2D eigenvalue weighted by atomic mass is 16.6. The molecular formula is C28H35N3O5. The van der Waals surface area contributed by atoms with Gasteiger partial charge in [0.25, 0.3) is 5.89 Å². The number of carbonyl (C=O) groups is 2. The maximum Gasteiger partial charge on any atom is 0.329 e. The highest BCUT2D eigenvalue weighted by Gasteiger charge is 2.57. The highest BCUT2D eigenvalue weighted by molar-refractivity contribution is 5.89. The molecule has 1 N–H and O–H groups in total. The normalized spacial score (nSPS) is 32.9. The summed E-state index contributed by atoms with van der Waals surface area (Å²) in [5.41, 5.74) is 1.69. The van der Waals surface area contributed by atoms with E-state index in [2.05, 4.69) is 24.0 Å². The number of carbonyl (C=O) groups excluding carboxylic acids is 2. The third kappa shape index (κ3) is 4.23. The van der Waals surface area contributed by atoms with Gasteiger partial charge in [-0.25, -0.2) is 4.79 Å². The molecule has 7 rings (SSSR count). The molecule has 1 aromatic carbocycles. The number of rotatable bonds is 6. The number of aliphatic hydroxyl groups is 1. The van der Waals surface area contributed by atoms with Crippen molar-refractivity contribution in [2.45, 2.75) is 83.5 Å². The lowest BCUT2D eigenvalue weighted by Crippen LogP contribution is -2.56. The SMILES string of the molecule is CC(C)c1ccc(-c2noc(COC(=O)C3CC(O)CN3C(=O)C34CC5CC(CC(C5)C3)C4)n2)cc1. The van der Waals surface area contributed by atoms with E-state index in [9.17, 15) is 14.7 Å². The lowest BCUT2D eigenvalue weighted by molar-refractivity contribution is -0.166. The molecular weight excluding hydrogens is 458 g/mol. The highest BCUT2D eigenvalue weighted by Crippen LogP contribution is 2.60. The molecule has 1 aromatic heterocycles. The smallest absolute Gasteiger partial charge is 0.329 e. The van der Waals surface area contributed by atoms with Crippen molar-refractivity contribution < 1.29 is 24.0 Å². The molecule has 2 unspecified atom stereocenters. The Morgan fingerprint density at radius 2 is 1.72 bits per heavy atom. The Bertz CT molecular complexity index is 1110. The van der Waals surface area contributed by atoms with Crippen molar-refractivity contribution in [2.75, 3.05) is 6.54 Å². The molecule has 4 bridgehead atoms. The van der Waals surface area contributed by atoms with E-state index >= 15 is 0 Å². The Morgan fingerprint density at radius 1 is 1.08 bits per heavy atom. The Hall–Kier alpha value is -2.74. The van der Waals surface area contributed by atoms with Gasteiger partial charge in [0, 0.05) is 18.5 Å². The molecule has 2 heterocycles. The molecule has 8 heteroatoms. The summed E-state index contributed by atoms with van der Waals surface area (Å²) in [6.45, 7) is 4.30. The van der Waals surface area contributed by atoms with Crippen molar-refractivity contribution in [2.24, 2.45) is 23.2 Å². The van der Waals surface area contributed by atoms with Crippen molar-refractivity contribution in [3.63, 3.8) is 0 Å². The number of amides is 1. The number of aliphatic hydroxyl groups excluding tert-OH is 1. The first-order chi connectivity index (χ1) is 17.3. The van der Waals surface area contributed by atoms with Gasteiger partial charge in [-0.05, 0) is 67.8 Å². The molecule has 4 saturated carbocycles. The Morgan fingerprint density at radius 3 is 2.33 bits per heavy atom. The fraction of sp³-hybridized carbons (Fsp3) is 0.643. The maximum atomic E-state index is 13.8. The van der Waals surface area contributed by atoms with Crippen LogP contribution in [0.15, 0.2) is 28.8 Å². The molecule has 5 fully saturated rings. The van der Waals surface area contributed by atoms with Crippen molar-refractivity contribution in [1.82, 2.24) is 15.0 Å². The molecule has 0 radical (unpaired) electrons. The summed E-state index contributed by atoms with van der Waals surface area (Å²) in [5, 5.41) is 14.4. The molecule has 192 valence electrons. The number of ether oxygens (including phenoxy) is 1. The van der Waals surface area contributed by atoms with Gasteiger partial charge < -0.3 is 19.3 Å². The van der Waals surface area contributed by atoms with Gasteiger partial charge in [-0.2, -0.15) is 4.98 Å². The van der Waals surface area contributed by atoms with Crippen LogP contribution in [0.5, 0.6) is 0 Å². The van der Waals surface area contributed by atoms with Crippen molar-refractivity contribution in [3.05, 3.63) is 35.7 Å². The summed E-state index contributed by atoms with van der Waals surface area (Å²) < 4.78 is 10.8. The number of nitrogens with zero attached hydrogens (tertiary/aromatic N) is 3. The zero-order valence-electron chi connectivity index (χ0n) is 21.1. The summed E-state index contributed by atoms with van der Waals surface area (Å²) >= 11 is 0. The molecule has 2 aromatic rings. The first kappa shape index (κ1) is 23.6. The molecule has 1 amide bonds. The fourth-order valence-corrected chi connectivity index (χ4v) is 7.62. The predicted octanol–water partition coefficient (Wildman–Crippen LogP) is 4.08. The molecule has 8 nitrogen and oxygen atoms in total. The van der Waals surface area contributed by atoms with E-state index < -0.39 is 18.1 Å². The average molecular weight is 494 g/mol. The van der Waals surface area contributed by atoms with Crippen LogP contribution in [0, 0.1) is 23.2 Å². The Labute approximate surface area is 211 Å². The molecule has 1 aliphatic heterocycles. The molecule has 2 atom stereocenters. The lowest BCUT2D eigenvalue weighted by atomic mass is 9.49. The van der Waals surface area contributed by atoms with Crippen LogP contribution < -0.4 is 0 Å². The monoisotopic (exact) mass is 493 g/mol. The molecule has 5 aliphatic rings. The van der Waals surface area contributed by atoms with Gasteiger partial charge in [-0.15, -0.1) is 0 Å². The summed E-state index contributed by atoms with van der Waals surface area (Å²) in [6.07, 6.45) is 6.00. The van der Waals surface area contributed by atoms with Gasteiger partial charge in [-0.1, -0.05) is 43.3 Å². The zero-order chi connectivity index (χ0) is 25.0. The van der Waals surface area contributed by atoms with Crippen molar-refractivity contribution in [1.29, 1.82) is 0 Å². The number of benzene rings is 1. The number of likely N-dealkylation sites (tertiary alicyclic amines) is 1. The van der Waals surface area contributed by atoms with E-state index in [1.807, 2.05) is 24.3 Å². The third-order valence-electron chi connectivity index (χ3n) is 8.95. The fourth-order valence-electron chi connectivity index (χ4n) is 7.62. The summed E-state index contributed by atoms with van der Waals surface area (Å²) in [4.78, 5) is 32.9. The minimum atomic E-state index is -0.772.